The van der Waals surface area contributed by atoms with Crippen molar-refractivity contribution in [2.75, 3.05) is 12.1 Å². The Hall–Kier alpha value is -3.69. The number of nitrogens with zero attached hydrogens (tertiary/aromatic N) is 2. The van der Waals surface area contributed by atoms with Gasteiger partial charge in [-0.2, -0.15) is 5.10 Å². The topological polar surface area (TPSA) is 87.8 Å². The number of carbonyl (C=O) groups excluding carboxylic acids is 1. The lowest BCUT2D eigenvalue weighted by Crippen LogP contribution is -2.12. The first kappa shape index (κ1) is 22.1. The maximum Gasteiger partial charge on any atom is 0.292 e. The first-order valence-corrected chi connectivity index (χ1v) is 10.8. The third-order valence-electron chi connectivity index (χ3n) is 4.94. The number of fused-ring (bicyclic) bond motifs is 1. The van der Waals surface area contributed by atoms with E-state index in [1.54, 1.807) is 30.3 Å². The van der Waals surface area contributed by atoms with Crippen LogP contribution in [-0.4, -0.2) is 22.5 Å². The maximum absolute atomic E-state index is 14.0. The van der Waals surface area contributed by atoms with Crippen LogP contribution in [0.4, 0.5) is 10.2 Å². The predicted molar refractivity (Wildman–Crippen MR) is 121 cm³/mol. The lowest BCUT2D eigenvalue weighted by atomic mass is 10.2. The van der Waals surface area contributed by atoms with Crippen LogP contribution in [0.1, 0.15) is 21.9 Å². The number of aromatic nitrogens is 2. The van der Waals surface area contributed by atoms with Crippen LogP contribution in [0.15, 0.2) is 59.1 Å². The second kappa shape index (κ2) is 9.28. The number of halogens is 3. The molecule has 3 heterocycles. The summed E-state index contributed by atoms with van der Waals surface area (Å²) in [5.41, 5.74) is 0.263. The van der Waals surface area contributed by atoms with Gasteiger partial charge in [-0.1, -0.05) is 29.3 Å². The van der Waals surface area contributed by atoms with Crippen LogP contribution >= 0.6 is 23.2 Å². The van der Waals surface area contributed by atoms with Crippen molar-refractivity contribution in [1.82, 2.24) is 9.78 Å². The second-order valence-electron chi connectivity index (χ2n) is 7.25. The number of nitrogens with one attached hydrogen (secondary N) is 1. The van der Waals surface area contributed by atoms with E-state index >= 15 is 0 Å². The number of hydrogen-bond donors (Lipinski definition) is 1. The number of anilines is 1. The van der Waals surface area contributed by atoms with Crippen molar-refractivity contribution in [3.63, 3.8) is 0 Å². The minimum Gasteiger partial charge on any atom is -0.486 e. The molecule has 0 saturated heterocycles. The Morgan fingerprint density at radius 3 is 2.82 bits per heavy atom. The van der Waals surface area contributed by atoms with E-state index in [-0.39, 0.29) is 47.1 Å². The highest BCUT2D eigenvalue weighted by atomic mass is 35.5. The van der Waals surface area contributed by atoms with E-state index in [9.17, 15) is 9.18 Å². The van der Waals surface area contributed by atoms with Crippen molar-refractivity contribution < 1.29 is 27.8 Å². The maximum atomic E-state index is 14.0. The molecule has 11 heteroatoms. The number of hydrogen-bond acceptors (Lipinski definition) is 6. The van der Waals surface area contributed by atoms with Gasteiger partial charge in [-0.15, -0.1) is 0 Å². The van der Waals surface area contributed by atoms with Gasteiger partial charge in [0.05, 0.1) is 6.54 Å². The van der Waals surface area contributed by atoms with Crippen molar-refractivity contribution in [3.05, 3.63) is 87.7 Å². The van der Waals surface area contributed by atoms with Gasteiger partial charge in [-0.25, -0.2) is 4.39 Å². The van der Waals surface area contributed by atoms with E-state index in [4.69, 9.17) is 41.8 Å². The highest BCUT2D eigenvalue weighted by molar-refractivity contribution is 6.33. The van der Waals surface area contributed by atoms with E-state index in [0.29, 0.717) is 23.0 Å². The number of carbonyl (C=O) groups is 1. The lowest BCUT2D eigenvalue weighted by molar-refractivity contribution is 0.0992. The van der Waals surface area contributed by atoms with Crippen LogP contribution in [0, 0.1) is 5.82 Å². The molecule has 0 radical (unpaired) electrons. The first-order valence-electron chi connectivity index (χ1n) is 10.0. The number of furan rings is 1. The van der Waals surface area contributed by atoms with Crippen LogP contribution in [0.2, 0.25) is 10.0 Å². The van der Waals surface area contributed by atoms with Crippen molar-refractivity contribution in [2.24, 2.45) is 0 Å². The SMILES string of the molecule is O=C(Nc1nn(Cc2c(F)cccc2Cl)cc1Cl)c1ccc(COc2ccc3c(c2)OCO3)o1. The van der Waals surface area contributed by atoms with Crippen molar-refractivity contribution in [3.8, 4) is 17.2 Å². The van der Waals surface area contributed by atoms with E-state index in [1.807, 2.05) is 0 Å². The molecule has 0 unspecified atom stereocenters. The summed E-state index contributed by atoms with van der Waals surface area (Å²) in [6.07, 6.45) is 1.46. The van der Waals surface area contributed by atoms with Gasteiger partial charge in [0.1, 0.15) is 29.0 Å². The Bertz CT molecular complexity index is 1350. The smallest absolute Gasteiger partial charge is 0.292 e. The molecule has 0 atom stereocenters. The fourth-order valence-corrected chi connectivity index (χ4v) is 3.70. The molecule has 2 aromatic carbocycles. The molecule has 1 amide bonds. The van der Waals surface area contributed by atoms with E-state index in [0.717, 1.165) is 0 Å². The average Bonchev–Trinajstić information content (AvgIpc) is 3.55. The van der Waals surface area contributed by atoms with Crippen molar-refractivity contribution >= 4 is 34.9 Å². The summed E-state index contributed by atoms with van der Waals surface area (Å²) in [4.78, 5) is 12.6. The zero-order valence-corrected chi connectivity index (χ0v) is 18.9. The van der Waals surface area contributed by atoms with Gasteiger partial charge in [-0.05, 0) is 36.4 Å². The number of rotatable bonds is 7. The van der Waals surface area contributed by atoms with Gasteiger partial charge in [-0.3, -0.25) is 9.48 Å². The van der Waals surface area contributed by atoms with Gasteiger partial charge in [0.25, 0.3) is 5.91 Å². The summed E-state index contributed by atoms with van der Waals surface area (Å²) in [5, 5.41) is 7.23. The Balaban J connectivity index is 1.21. The summed E-state index contributed by atoms with van der Waals surface area (Å²) in [7, 11) is 0. The number of benzene rings is 2. The van der Waals surface area contributed by atoms with Crippen LogP contribution in [0.3, 0.4) is 0 Å². The zero-order valence-electron chi connectivity index (χ0n) is 17.4. The monoisotopic (exact) mass is 503 g/mol. The Kier molecular flexibility index (Phi) is 6.04. The molecule has 0 bridgehead atoms. The summed E-state index contributed by atoms with van der Waals surface area (Å²) in [6, 6.07) is 12.8. The lowest BCUT2D eigenvalue weighted by Gasteiger charge is -2.06. The molecule has 0 aliphatic carbocycles. The highest BCUT2D eigenvalue weighted by Crippen LogP contribution is 2.35. The molecular formula is C23H16Cl2FN3O5. The fourth-order valence-electron chi connectivity index (χ4n) is 3.28. The quantitative estimate of drug-likeness (QED) is 0.356. The Morgan fingerprint density at radius 2 is 1.97 bits per heavy atom. The van der Waals surface area contributed by atoms with Gasteiger partial charge in [0.2, 0.25) is 6.79 Å². The largest absolute Gasteiger partial charge is 0.486 e. The van der Waals surface area contributed by atoms with Crippen molar-refractivity contribution in [2.45, 2.75) is 13.2 Å². The molecule has 8 nitrogen and oxygen atoms in total. The predicted octanol–water partition coefficient (Wildman–Crippen LogP) is 5.53. The van der Waals surface area contributed by atoms with Gasteiger partial charge in [0, 0.05) is 22.8 Å². The van der Waals surface area contributed by atoms with Crippen LogP contribution in [0.25, 0.3) is 0 Å². The molecule has 174 valence electrons. The average molecular weight is 504 g/mol. The van der Waals surface area contributed by atoms with E-state index in [1.165, 1.54) is 29.1 Å². The number of amides is 1. The van der Waals surface area contributed by atoms with Gasteiger partial charge >= 0.3 is 0 Å². The van der Waals surface area contributed by atoms with Crippen LogP contribution in [-0.2, 0) is 13.2 Å². The minimum atomic E-state index is -0.551. The molecule has 1 aliphatic heterocycles. The number of ether oxygens (including phenoxy) is 3. The first-order chi connectivity index (χ1) is 16.5. The normalized spacial score (nSPS) is 12.1. The second-order valence-corrected chi connectivity index (χ2v) is 8.06. The third-order valence-corrected chi connectivity index (χ3v) is 5.57. The van der Waals surface area contributed by atoms with Gasteiger partial charge < -0.3 is 23.9 Å². The fraction of sp³-hybridized carbons (Fsp3) is 0.130. The van der Waals surface area contributed by atoms with Crippen LogP contribution < -0.4 is 19.5 Å². The van der Waals surface area contributed by atoms with Crippen LogP contribution in [0.5, 0.6) is 17.2 Å². The highest BCUT2D eigenvalue weighted by Gasteiger charge is 2.18. The molecule has 0 fully saturated rings. The third kappa shape index (κ3) is 4.66. The molecule has 4 aromatic rings. The molecule has 34 heavy (non-hydrogen) atoms. The zero-order chi connectivity index (χ0) is 23.7. The summed E-state index contributed by atoms with van der Waals surface area (Å²) in [6.45, 7) is 0.323. The van der Waals surface area contributed by atoms with Crippen molar-refractivity contribution in [1.29, 1.82) is 0 Å². The molecule has 0 saturated carbocycles. The Morgan fingerprint density at radius 1 is 1.12 bits per heavy atom. The minimum absolute atomic E-state index is 0.0448. The summed E-state index contributed by atoms with van der Waals surface area (Å²) < 4.78 is 37.3. The molecule has 2 aromatic heterocycles. The summed E-state index contributed by atoms with van der Waals surface area (Å²) >= 11 is 12.3. The summed E-state index contributed by atoms with van der Waals surface area (Å²) in [5.74, 6) is 1.41. The van der Waals surface area contributed by atoms with E-state index in [2.05, 4.69) is 10.4 Å². The molecule has 1 aliphatic rings. The standard InChI is InChI=1S/C23H16Cl2FN3O5/c24-16-2-1-3-18(26)15(16)9-29-10-17(25)22(28-29)27-23(30)20-7-5-14(34-20)11-31-13-4-6-19-21(8-13)33-12-32-19/h1-8,10H,9,11-12H2,(H,27,28,30). The Labute approximate surface area is 202 Å². The molecular weight excluding hydrogens is 488 g/mol. The van der Waals surface area contributed by atoms with Gasteiger partial charge in [0.15, 0.2) is 23.1 Å². The molecule has 5 rings (SSSR count). The molecule has 0 spiro atoms. The van der Waals surface area contributed by atoms with E-state index < -0.39 is 11.7 Å². The molecule has 1 N–H and O–H groups in total.